The molecule has 0 saturated carbocycles. The number of benzene rings is 2. The molecule has 2 aromatic rings. The minimum atomic E-state index is -0.398. The molecule has 2 rings (SSSR count). The molecule has 6 heteroatoms. The minimum Gasteiger partial charge on any atom is -0.494 e. The molecule has 0 radical (unpaired) electrons. The van der Waals surface area contributed by atoms with Gasteiger partial charge in [-0.05, 0) is 55.0 Å². The van der Waals surface area contributed by atoms with Crippen molar-refractivity contribution in [3.8, 4) is 5.75 Å². The predicted octanol–water partition coefficient (Wildman–Crippen LogP) is 6.85. The molecule has 0 aliphatic rings. The summed E-state index contributed by atoms with van der Waals surface area (Å²) in [6.07, 6.45) is 6.11. The summed E-state index contributed by atoms with van der Waals surface area (Å²) >= 11 is 5.50. The summed E-state index contributed by atoms with van der Waals surface area (Å²) in [6, 6.07) is 14.3. The van der Waals surface area contributed by atoms with Crippen LogP contribution >= 0.6 is 11.6 Å². The monoisotopic (exact) mass is 402 g/mol. The zero-order chi connectivity index (χ0) is 20.0. The number of unbranched alkanes of at least 4 members (excludes halogenated alkanes) is 4. The molecule has 0 spiro atoms. The van der Waals surface area contributed by atoms with Crippen LogP contribution in [0.3, 0.4) is 0 Å². The Morgan fingerprint density at radius 3 is 2.07 bits per heavy atom. The van der Waals surface area contributed by atoms with Crippen molar-refractivity contribution in [2.75, 3.05) is 19.1 Å². The number of hydrogen-bond donors (Lipinski definition) is 0. The number of ether oxygens (including phenoxy) is 2. The summed E-state index contributed by atoms with van der Waals surface area (Å²) in [5.74, 6) is 0.722. The first-order chi connectivity index (χ1) is 13.7. The van der Waals surface area contributed by atoms with E-state index in [-0.39, 0.29) is 12.5 Å². The lowest BCUT2D eigenvalue weighted by Gasteiger charge is -2.06. The molecule has 0 amide bonds. The fourth-order valence-corrected chi connectivity index (χ4v) is 2.58. The van der Waals surface area contributed by atoms with Crippen LogP contribution in [0.4, 0.5) is 11.4 Å². The summed E-state index contributed by atoms with van der Waals surface area (Å²) in [4.78, 5) is 11.7. The highest BCUT2D eigenvalue weighted by molar-refractivity contribution is 6.18. The van der Waals surface area contributed by atoms with Gasteiger partial charge in [0, 0.05) is 0 Å². The zero-order valence-corrected chi connectivity index (χ0v) is 17.0. The third-order valence-electron chi connectivity index (χ3n) is 4.05. The van der Waals surface area contributed by atoms with E-state index < -0.39 is 5.97 Å². The van der Waals surface area contributed by atoms with Gasteiger partial charge in [0.05, 0.1) is 29.4 Å². The molecule has 0 atom stereocenters. The van der Waals surface area contributed by atoms with Gasteiger partial charge in [-0.15, -0.1) is 11.6 Å². The first-order valence-corrected chi connectivity index (χ1v) is 10.2. The van der Waals surface area contributed by atoms with Gasteiger partial charge >= 0.3 is 5.97 Å². The maximum Gasteiger partial charge on any atom is 0.338 e. The molecule has 5 nitrogen and oxygen atoms in total. The van der Waals surface area contributed by atoms with Gasteiger partial charge in [-0.3, -0.25) is 0 Å². The Morgan fingerprint density at radius 2 is 1.46 bits per heavy atom. The summed E-state index contributed by atoms with van der Waals surface area (Å²) in [5, 5.41) is 8.39. The zero-order valence-electron chi connectivity index (χ0n) is 16.3. The number of alkyl halides is 1. The van der Waals surface area contributed by atoms with Crippen LogP contribution in [0.5, 0.6) is 5.75 Å². The molecule has 0 heterocycles. The van der Waals surface area contributed by atoms with Gasteiger partial charge < -0.3 is 9.47 Å². The number of halogens is 1. The van der Waals surface area contributed by atoms with Gasteiger partial charge in [-0.1, -0.05) is 32.6 Å². The Bertz CT molecular complexity index is 730. The van der Waals surface area contributed by atoms with Crippen LogP contribution in [-0.4, -0.2) is 25.1 Å². The first kappa shape index (κ1) is 21.9. The number of hydrogen-bond acceptors (Lipinski definition) is 5. The van der Waals surface area contributed by atoms with Crippen LogP contribution in [0.1, 0.15) is 49.4 Å². The largest absolute Gasteiger partial charge is 0.494 e. The lowest BCUT2D eigenvalue weighted by molar-refractivity contribution is 0.0529. The molecule has 0 fully saturated rings. The van der Waals surface area contributed by atoms with E-state index in [0.29, 0.717) is 11.3 Å². The molecule has 0 aliphatic carbocycles. The summed E-state index contributed by atoms with van der Waals surface area (Å²) in [7, 11) is 0. The highest BCUT2D eigenvalue weighted by Crippen LogP contribution is 2.22. The smallest absolute Gasteiger partial charge is 0.338 e. The Morgan fingerprint density at radius 1 is 0.857 bits per heavy atom. The third kappa shape index (κ3) is 8.09. The third-order valence-corrected chi connectivity index (χ3v) is 4.20. The van der Waals surface area contributed by atoms with Gasteiger partial charge in [0.25, 0.3) is 0 Å². The predicted molar refractivity (Wildman–Crippen MR) is 112 cm³/mol. The van der Waals surface area contributed by atoms with Crippen LogP contribution in [0.25, 0.3) is 0 Å². The maximum absolute atomic E-state index is 11.7. The van der Waals surface area contributed by atoms with E-state index >= 15 is 0 Å². The fourth-order valence-electron chi connectivity index (χ4n) is 2.50. The quantitative estimate of drug-likeness (QED) is 0.169. The molecule has 28 heavy (non-hydrogen) atoms. The Hall–Kier alpha value is -2.40. The number of carbonyl (C=O) groups excluding carboxylic acids is 1. The molecule has 0 N–H and O–H groups in total. The van der Waals surface area contributed by atoms with Crippen LogP contribution in [0.2, 0.25) is 0 Å². The second kappa shape index (κ2) is 12.9. The van der Waals surface area contributed by atoms with Crippen molar-refractivity contribution < 1.29 is 14.3 Å². The Labute approximate surface area is 171 Å². The highest BCUT2D eigenvalue weighted by Gasteiger charge is 2.06. The molecular formula is C22H27ClN2O3. The van der Waals surface area contributed by atoms with Crippen molar-refractivity contribution in [3.05, 3.63) is 54.1 Å². The van der Waals surface area contributed by atoms with Crippen LogP contribution in [-0.2, 0) is 4.74 Å². The van der Waals surface area contributed by atoms with Crippen molar-refractivity contribution in [1.29, 1.82) is 0 Å². The highest BCUT2D eigenvalue weighted by atomic mass is 35.5. The molecule has 0 bridgehead atoms. The average molecular weight is 403 g/mol. The van der Waals surface area contributed by atoms with Crippen LogP contribution in [0, 0.1) is 0 Å². The molecular weight excluding hydrogens is 376 g/mol. The molecule has 2 aromatic carbocycles. The van der Waals surface area contributed by atoms with E-state index in [1.165, 1.54) is 25.7 Å². The van der Waals surface area contributed by atoms with Crippen molar-refractivity contribution in [2.45, 2.75) is 39.0 Å². The molecule has 0 saturated heterocycles. The number of carbonyl (C=O) groups is 1. The number of nitrogens with zero attached hydrogens (tertiary/aromatic N) is 2. The summed E-state index contributed by atoms with van der Waals surface area (Å²) in [5.41, 5.74) is 1.85. The van der Waals surface area contributed by atoms with Crippen molar-refractivity contribution in [2.24, 2.45) is 10.2 Å². The first-order valence-electron chi connectivity index (χ1n) is 9.70. The lowest BCUT2D eigenvalue weighted by atomic mass is 10.2. The van der Waals surface area contributed by atoms with Crippen LogP contribution in [0.15, 0.2) is 58.8 Å². The molecule has 150 valence electrons. The van der Waals surface area contributed by atoms with Crippen molar-refractivity contribution >= 4 is 28.9 Å². The minimum absolute atomic E-state index is 0.195. The Balaban J connectivity index is 1.79. The van der Waals surface area contributed by atoms with Gasteiger partial charge in [-0.2, -0.15) is 10.2 Å². The number of azo groups is 1. The standard InChI is InChI=1S/C22H27ClN2O3/c1-2-3-4-5-6-16-27-21-13-11-20(12-14-21)25-24-19-9-7-18(8-10-19)22(26)28-17-15-23/h7-14H,2-6,15-17H2,1H3. The van der Waals surface area contributed by atoms with Crippen molar-refractivity contribution in [3.63, 3.8) is 0 Å². The second-order valence-corrected chi connectivity index (χ2v) is 6.71. The summed E-state index contributed by atoms with van der Waals surface area (Å²) < 4.78 is 10.7. The average Bonchev–Trinajstić information content (AvgIpc) is 2.74. The summed E-state index contributed by atoms with van der Waals surface area (Å²) in [6.45, 7) is 3.15. The van der Waals surface area contributed by atoms with E-state index in [9.17, 15) is 4.79 Å². The van der Waals surface area contributed by atoms with Crippen molar-refractivity contribution in [1.82, 2.24) is 0 Å². The van der Waals surface area contributed by atoms with E-state index in [1.54, 1.807) is 24.3 Å². The second-order valence-electron chi connectivity index (χ2n) is 6.33. The topological polar surface area (TPSA) is 60.2 Å². The van der Waals surface area contributed by atoms with Gasteiger partial charge in [0.15, 0.2) is 0 Å². The van der Waals surface area contributed by atoms with Gasteiger partial charge in [0.1, 0.15) is 12.4 Å². The van der Waals surface area contributed by atoms with E-state index in [0.717, 1.165) is 24.5 Å². The van der Waals surface area contributed by atoms with E-state index in [4.69, 9.17) is 21.1 Å². The Kier molecular flexibility index (Phi) is 10.1. The lowest BCUT2D eigenvalue weighted by Crippen LogP contribution is -2.06. The van der Waals surface area contributed by atoms with Crippen LogP contribution < -0.4 is 4.74 Å². The van der Waals surface area contributed by atoms with Gasteiger partial charge in [-0.25, -0.2) is 4.79 Å². The SMILES string of the molecule is CCCCCCCOc1ccc(N=Nc2ccc(C(=O)OCCCl)cc2)cc1. The molecule has 0 aliphatic heterocycles. The fraction of sp³-hybridized carbons (Fsp3) is 0.409. The molecule has 0 aromatic heterocycles. The van der Waals surface area contributed by atoms with Gasteiger partial charge in [0.2, 0.25) is 0 Å². The van der Waals surface area contributed by atoms with E-state index in [1.807, 2.05) is 24.3 Å². The number of rotatable bonds is 12. The van der Waals surface area contributed by atoms with E-state index in [2.05, 4.69) is 17.2 Å². The molecule has 0 unspecified atom stereocenters. The number of esters is 1. The normalized spacial score (nSPS) is 10.9. The maximum atomic E-state index is 11.7.